The quantitative estimate of drug-likeness (QED) is 0.865. The van der Waals surface area contributed by atoms with Crippen molar-refractivity contribution in [3.05, 3.63) is 23.9 Å². The van der Waals surface area contributed by atoms with Crippen LogP contribution in [0.15, 0.2) is 12.4 Å². The third-order valence-corrected chi connectivity index (χ3v) is 3.58. The van der Waals surface area contributed by atoms with Crippen LogP contribution in [0, 0.1) is 6.92 Å². The molecule has 1 aliphatic rings. The highest BCUT2D eigenvalue weighted by molar-refractivity contribution is 5.54. The van der Waals surface area contributed by atoms with Gasteiger partial charge in [0.2, 0.25) is 0 Å². The maximum atomic E-state index is 4.64. The predicted molar refractivity (Wildman–Crippen MR) is 70.4 cm³/mol. The van der Waals surface area contributed by atoms with E-state index in [4.69, 9.17) is 0 Å². The molecule has 0 unspecified atom stereocenters. The molecule has 0 bridgehead atoms. The van der Waals surface area contributed by atoms with Crippen molar-refractivity contribution < 1.29 is 0 Å². The second-order valence-electron chi connectivity index (χ2n) is 4.82. The first-order valence-electron chi connectivity index (χ1n) is 6.59. The second-order valence-corrected chi connectivity index (χ2v) is 4.82. The number of aryl methyl sites for hydroxylation is 2. The molecule has 5 heteroatoms. The Balaban J connectivity index is 2.00. The minimum Gasteiger partial charge on any atom is -0.345 e. The van der Waals surface area contributed by atoms with Crippen molar-refractivity contribution in [2.24, 2.45) is 0 Å². The molecule has 3 heterocycles. The second kappa shape index (κ2) is 4.57. The lowest BCUT2D eigenvalue weighted by Gasteiger charge is -2.13. The zero-order valence-corrected chi connectivity index (χ0v) is 10.9. The molecule has 0 spiro atoms. The van der Waals surface area contributed by atoms with Crippen LogP contribution in [-0.2, 0) is 6.42 Å². The number of nitrogens with zero attached hydrogens (tertiary/aromatic N) is 3. The van der Waals surface area contributed by atoms with Crippen LogP contribution in [0.3, 0.4) is 0 Å². The third kappa shape index (κ3) is 1.84. The highest BCUT2D eigenvalue weighted by atomic mass is 15.1. The van der Waals surface area contributed by atoms with E-state index in [1.54, 1.807) is 0 Å². The summed E-state index contributed by atoms with van der Waals surface area (Å²) >= 11 is 0. The van der Waals surface area contributed by atoms with Gasteiger partial charge in [-0.05, 0) is 19.9 Å². The monoisotopic (exact) mass is 245 g/mol. The van der Waals surface area contributed by atoms with Gasteiger partial charge >= 0.3 is 0 Å². The van der Waals surface area contributed by atoms with Crippen molar-refractivity contribution in [1.29, 1.82) is 0 Å². The molecule has 5 nitrogen and oxygen atoms in total. The summed E-state index contributed by atoms with van der Waals surface area (Å²) in [5, 5.41) is 3.39. The van der Waals surface area contributed by atoms with Gasteiger partial charge in [0, 0.05) is 37.1 Å². The standard InChI is InChI=1S/C13H19N5/c1-3-11-16-9(2)12(17-11)13-15-6-7-18(13)10-4-5-14-8-10/h6-7,10,14H,3-5,8H2,1-2H3,(H,16,17)/t10-/m1/s1. The summed E-state index contributed by atoms with van der Waals surface area (Å²) in [6.07, 6.45) is 6.01. The molecule has 3 rings (SSSR count). The molecule has 0 aliphatic carbocycles. The average Bonchev–Trinajstić information content (AvgIpc) is 3.07. The third-order valence-electron chi connectivity index (χ3n) is 3.58. The molecule has 96 valence electrons. The predicted octanol–water partition coefficient (Wildman–Crippen LogP) is 1.68. The molecular weight excluding hydrogens is 226 g/mol. The molecule has 1 fully saturated rings. The van der Waals surface area contributed by atoms with E-state index in [9.17, 15) is 0 Å². The van der Waals surface area contributed by atoms with Crippen LogP contribution in [0.25, 0.3) is 11.5 Å². The number of hydrogen-bond donors (Lipinski definition) is 2. The molecule has 0 aromatic carbocycles. The maximum absolute atomic E-state index is 4.64. The highest BCUT2D eigenvalue weighted by Gasteiger charge is 2.21. The van der Waals surface area contributed by atoms with Crippen LogP contribution in [0.5, 0.6) is 0 Å². The van der Waals surface area contributed by atoms with Gasteiger partial charge in [0.05, 0.1) is 0 Å². The Morgan fingerprint density at radius 1 is 1.50 bits per heavy atom. The van der Waals surface area contributed by atoms with Gasteiger partial charge in [0.25, 0.3) is 0 Å². The van der Waals surface area contributed by atoms with Gasteiger partial charge in [-0.15, -0.1) is 0 Å². The zero-order chi connectivity index (χ0) is 12.5. The van der Waals surface area contributed by atoms with Gasteiger partial charge in [0.1, 0.15) is 11.5 Å². The smallest absolute Gasteiger partial charge is 0.160 e. The van der Waals surface area contributed by atoms with Crippen LogP contribution < -0.4 is 5.32 Å². The maximum Gasteiger partial charge on any atom is 0.160 e. The Kier molecular flexibility index (Phi) is 2.91. The van der Waals surface area contributed by atoms with E-state index in [2.05, 4.69) is 44.9 Å². The fourth-order valence-electron chi connectivity index (χ4n) is 2.58. The van der Waals surface area contributed by atoms with Crippen molar-refractivity contribution in [2.45, 2.75) is 32.7 Å². The molecule has 2 N–H and O–H groups in total. The minimum absolute atomic E-state index is 0.503. The first kappa shape index (κ1) is 11.5. The van der Waals surface area contributed by atoms with Gasteiger partial charge in [-0.25, -0.2) is 9.97 Å². The van der Waals surface area contributed by atoms with Gasteiger partial charge < -0.3 is 14.9 Å². The summed E-state index contributed by atoms with van der Waals surface area (Å²) in [6.45, 7) is 6.28. The summed E-state index contributed by atoms with van der Waals surface area (Å²) in [7, 11) is 0. The SMILES string of the molecule is CCc1nc(-c2nccn2[C@@H]2CCNC2)c(C)[nH]1. The van der Waals surface area contributed by atoms with Crippen molar-refractivity contribution in [2.75, 3.05) is 13.1 Å². The number of aromatic amines is 1. The van der Waals surface area contributed by atoms with E-state index in [1.807, 2.05) is 6.20 Å². The van der Waals surface area contributed by atoms with E-state index >= 15 is 0 Å². The molecule has 2 aromatic heterocycles. The highest BCUT2D eigenvalue weighted by Crippen LogP contribution is 2.25. The number of hydrogen-bond acceptors (Lipinski definition) is 3. The normalized spacial score (nSPS) is 19.6. The summed E-state index contributed by atoms with van der Waals surface area (Å²) in [5.41, 5.74) is 2.09. The molecule has 0 amide bonds. The summed E-state index contributed by atoms with van der Waals surface area (Å²) in [5.74, 6) is 2.01. The first-order chi connectivity index (χ1) is 8.79. The fourth-order valence-corrected chi connectivity index (χ4v) is 2.58. The largest absolute Gasteiger partial charge is 0.345 e. The summed E-state index contributed by atoms with van der Waals surface area (Å²) in [6, 6.07) is 0.503. The topological polar surface area (TPSA) is 58.5 Å². The number of imidazole rings is 2. The Hall–Kier alpha value is -1.62. The van der Waals surface area contributed by atoms with Crippen LogP contribution in [0.2, 0.25) is 0 Å². The Bertz CT molecular complexity index is 533. The lowest BCUT2D eigenvalue weighted by atomic mass is 10.2. The van der Waals surface area contributed by atoms with Gasteiger partial charge in [-0.1, -0.05) is 6.92 Å². The van der Waals surface area contributed by atoms with Crippen molar-refractivity contribution >= 4 is 0 Å². The van der Waals surface area contributed by atoms with Crippen molar-refractivity contribution in [3.63, 3.8) is 0 Å². The van der Waals surface area contributed by atoms with Crippen molar-refractivity contribution in [1.82, 2.24) is 24.8 Å². The first-order valence-corrected chi connectivity index (χ1v) is 6.59. The average molecular weight is 245 g/mol. The number of nitrogens with one attached hydrogen (secondary N) is 2. The Labute approximate surface area is 107 Å². The fraction of sp³-hybridized carbons (Fsp3) is 0.538. The van der Waals surface area contributed by atoms with Crippen LogP contribution in [0.4, 0.5) is 0 Å². The zero-order valence-electron chi connectivity index (χ0n) is 10.9. The molecule has 18 heavy (non-hydrogen) atoms. The van der Waals surface area contributed by atoms with E-state index in [0.717, 1.165) is 49.0 Å². The molecule has 0 saturated carbocycles. The molecular formula is C13H19N5. The summed E-state index contributed by atoms with van der Waals surface area (Å²) in [4.78, 5) is 12.5. The number of H-pyrrole nitrogens is 1. The Morgan fingerprint density at radius 2 is 2.39 bits per heavy atom. The van der Waals surface area contributed by atoms with E-state index in [0.29, 0.717) is 6.04 Å². The van der Waals surface area contributed by atoms with Gasteiger partial charge in [0.15, 0.2) is 5.82 Å². The molecule has 1 aliphatic heterocycles. The van der Waals surface area contributed by atoms with Crippen LogP contribution in [0.1, 0.15) is 30.9 Å². The van der Waals surface area contributed by atoms with Crippen LogP contribution >= 0.6 is 0 Å². The molecule has 2 aromatic rings. The molecule has 1 atom stereocenters. The van der Waals surface area contributed by atoms with Crippen LogP contribution in [-0.4, -0.2) is 32.6 Å². The number of aromatic nitrogens is 4. The number of rotatable bonds is 3. The van der Waals surface area contributed by atoms with E-state index < -0.39 is 0 Å². The lowest BCUT2D eigenvalue weighted by Crippen LogP contribution is -2.14. The molecule has 1 saturated heterocycles. The lowest BCUT2D eigenvalue weighted by molar-refractivity contribution is 0.551. The minimum atomic E-state index is 0.503. The van der Waals surface area contributed by atoms with Gasteiger partial charge in [-0.3, -0.25) is 0 Å². The summed E-state index contributed by atoms with van der Waals surface area (Å²) < 4.78 is 2.25. The van der Waals surface area contributed by atoms with Crippen molar-refractivity contribution in [3.8, 4) is 11.5 Å². The van der Waals surface area contributed by atoms with Gasteiger partial charge in [-0.2, -0.15) is 0 Å². The molecule has 0 radical (unpaired) electrons. The van der Waals surface area contributed by atoms with E-state index in [-0.39, 0.29) is 0 Å². The Morgan fingerprint density at radius 3 is 3.06 bits per heavy atom. The van der Waals surface area contributed by atoms with E-state index in [1.165, 1.54) is 0 Å².